The first-order valence-corrected chi connectivity index (χ1v) is 5.14. The maximum Gasteiger partial charge on any atom is 0.255 e. The number of nitrogen functional groups attached to an aromatic ring is 1. The Kier molecular flexibility index (Phi) is 4.50. The van der Waals surface area contributed by atoms with E-state index in [1.54, 1.807) is 6.07 Å². The summed E-state index contributed by atoms with van der Waals surface area (Å²) in [5.41, 5.74) is 11.1. The molecule has 6 N–H and O–H groups in total. The average Bonchev–Trinajstić information content (AvgIpc) is 2.34. The number of aliphatic hydroxyl groups excluding tert-OH is 1. The van der Waals surface area contributed by atoms with Gasteiger partial charge >= 0.3 is 0 Å². The van der Waals surface area contributed by atoms with Crippen LogP contribution in [-0.4, -0.2) is 36.7 Å². The number of carbonyl (C=O) groups is 2. The fourth-order valence-electron chi connectivity index (χ4n) is 1.28. The van der Waals surface area contributed by atoms with Crippen molar-refractivity contribution in [3.8, 4) is 5.75 Å². The van der Waals surface area contributed by atoms with Gasteiger partial charge in [0.05, 0.1) is 19.2 Å². The lowest BCUT2D eigenvalue weighted by Crippen LogP contribution is -2.40. The lowest BCUT2D eigenvalue weighted by molar-refractivity contribution is -0.125. The van der Waals surface area contributed by atoms with Crippen LogP contribution in [0.3, 0.4) is 0 Å². The largest absolute Gasteiger partial charge is 0.496 e. The zero-order chi connectivity index (χ0) is 13.7. The van der Waals surface area contributed by atoms with Crippen molar-refractivity contribution in [2.24, 2.45) is 5.73 Å². The number of ether oxygens (including phenoxy) is 1. The quantitative estimate of drug-likeness (QED) is 0.493. The van der Waals surface area contributed by atoms with Crippen molar-refractivity contribution in [3.63, 3.8) is 0 Å². The van der Waals surface area contributed by atoms with Crippen molar-refractivity contribution in [1.29, 1.82) is 0 Å². The molecule has 7 heteroatoms. The van der Waals surface area contributed by atoms with Crippen LogP contribution in [0.4, 0.5) is 5.69 Å². The molecule has 1 aromatic rings. The Hall–Kier alpha value is -2.28. The second-order valence-corrected chi connectivity index (χ2v) is 3.59. The number of hydrogen-bond donors (Lipinski definition) is 4. The number of amides is 2. The molecule has 7 nitrogen and oxygen atoms in total. The Morgan fingerprint density at radius 1 is 1.50 bits per heavy atom. The van der Waals surface area contributed by atoms with E-state index in [0.29, 0.717) is 11.4 Å². The smallest absolute Gasteiger partial charge is 0.255 e. The molecular weight excluding hydrogens is 238 g/mol. The first kappa shape index (κ1) is 13.8. The van der Waals surface area contributed by atoms with Crippen molar-refractivity contribution in [2.45, 2.75) is 6.10 Å². The van der Waals surface area contributed by atoms with Crippen LogP contribution >= 0.6 is 0 Å². The Morgan fingerprint density at radius 2 is 2.17 bits per heavy atom. The Labute approximate surface area is 104 Å². The van der Waals surface area contributed by atoms with Crippen LogP contribution in [-0.2, 0) is 4.79 Å². The molecule has 1 unspecified atom stereocenters. The monoisotopic (exact) mass is 253 g/mol. The van der Waals surface area contributed by atoms with Gasteiger partial charge < -0.3 is 26.6 Å². The third-order valence-electron chi connectivity index (χ3n) is 2.25. The summed E-state index contributed by atoms with van der Waals surface area (Å²) < 4.78 is 5.01. The third kappa shape index (κ3) is 3.36. The third-order valence-corrected chi connectivity index (χ3v) is 2.25. The van der Waals surface area contributed by atoms with E-state index in [-0.39, 0.29) is 12.1 Å². The molecule has 0 aliphatic rings. The van der Waals surface area contributed by atoms with Crippen LogP contribution in [0.15, 0.2) is 18.2 Å². The highest BCUT2D eigenvalue weighted by Crippen LogP contribution is 2.21. The maximum absolute atomic E-state index is 11.8. The van der Waals surface area contributed by atoms with Crippen LogP contribution < -0.4 is 21.5 Å². The predicted octanol–water partition coefficient (Wildman–Crippen LogP) is -1.15. The highest BCUT2D eigenvalue weighted by atomic mass is 16.5. The highest BCUT2D eigenvalue weighted by molar-refractivity contribution is 5.97. The predicted molar refractivity (Wildman–Crippen MR) is 64.9 cm³/mol. The summed E-state index contributed by atoms with van der Waals surface area (Å²) in [6, 6.07) is 4.53. The van der Waals surface area contributed by atoms with Crippen molar-refractivity contribution < 1.29 is 19.4 Å². The lowest BCUT2D eigenvalue weighted by atomic mass is 10.1. The molecule has 0 saturated heterocycles. The van der Waals surface area contributed by atoms with Gasteiger partial charge in [-0.15, -0.1) is 0 Å². The minimum Gasteiger partial charge on any atom is -0.496 e. The zero-order valence-electron chi connectivity index (χ0n) is 9.84. The maximum atomic E-state index is 11.8. The average molecular weight is 253 g/mol. The summed E-state index contributed by atoms with van der Waals surface area (Å²) in [4.78, 5) is 22.4. The van der Waals surface area contributed by atoms with Gasteiger partial charge in [-0.1, -0.05) is 0 Å². The molecule has 0 saturated carbocycles. The molecule has 0 aliphatic heterocycles. The van der Waals surface area contributed by atoms with E-state index in [2.05, 4.69) is 5.32 Å². The molecule has 0 radical (unpaired) electrons. The van der Waals surface area contributed by atoms with Crippen LogP contribution in [0.5, 0.6) is 5.75 Å². The van der Waals surface area contributed by atoms with Crippen LogP contribution in [0.1, 0.15) is 10.4 Å². The van der Waals surface area contributed by atoms with Gasteiger partial charge in [0.25, 0.3) is 5.91 Å². The molecule has 0 heterocycles. The molecule has 0 aliphatic carbocycles. The molecule has 2 amide bonds. The van der Waals surface area contributed by atoms with Crippen LogP contribution in [0.2, 0.25) is 0 Å². The van der Waals surface area contributed by atoms with Crippen LogP contribution in [0, 0.1) is 0 Å². The molecule has 1 rings (SSSR count). The standard InChI is InChI=1S/C11H15N3O4/c1-18-9-4-6(12)2-3-7(9)11(17)14-5-8(15)10(13)16/h2-4,8,15H,5,12H2,1H3,(H2,13,16)(H,14,17). The summed E-state index contributed by atoms with van der Waals surface area (Å²) in [6.45, 7) is -0.262. The van der Waals surface area contributed by atoms with Gasteiger partial charge in [-0.05, 0) is 12.1 Å². The molecule has 1 aromatic carbocycles. The number of nitrogens with two attached hydrogens (primary N) is 2. The summed E-state index contributed by atoms with van der Waals surface area (Å²) >= 11 is 0. The molecule has 0 bridgehead atoms. The molecule has 0 aromatic heterocycles. The van der Waals surface area contributed by atoms with E-state index >= 15 is 0 Å². The number of nitrogens with one attached hydrogen (secondary N) is 1. The Bertz CT molecular complexity index is 462. The summed E-state index contributed by atoms with van der Waals surface area (Å²) in [5.74, 6) is -1.09. The number of methoxy groups -OCH3 is 1. The van der Waals surface area contributed by atoms with Crippen molar-refractivity contribution >= 4 is 17.5 Å². The van der Waals surface area contributed by atoms with Gasteiger partial charge in [-0.25, -0.2) is 0 Å². The molecule has 98 valence electrons. The van der Waals surface area contributed by atoms with Gasteiger partial charge in [0.1, 0.15) is 11.9 Å². The number of hydrogen-bond acceptors (Lipinski definition) is 5. The number of benzene rings is 1. The van der Waals surface area contributed by atoms with E-state index in [0.717, 1.165) is 0 Å². The molecule has 18 heavy (non-hydrogen) atoms. The van der Waals surface area contributed by atoms with Gasteiger partial charge in [-0.3, -0.25) is 9.59 Å². The summed E-state index contributed by atoms with van der Waals surface area (Å²) in [6.07, 6.45) is -1.42. The van der Waals surface area contributed by atoms with E-state index in [9.17, 15) is 9.59 Å². The summed E-state index contributed by atoms with van der Waals surface area (Å²) in [7, 11) is 1.41. The number of aliphatic hydroxyl groups is 1. The zero-order valence-corrected chi connectivity index (χ0v) is 9.84. The van der Waals surface area contributed by atoms with Crippen molar-refractivity contribution in [2.75, 3.05) is 19.4 Å². The van der Waals surface area contributed by atoms with Gasteiger partial charge in [0.15, 0.2) is 0 Å². The second kappa shape index (κ2) is 5.87. The molecule has 1 atom stereocenters. The fourth-order valence-corrected chi connectivity index (χ4v) is 1.28. The van der Waals surface area contributed by atoms with E-state index in [1.165, 1.54) is 19.2 Å². The van der Waals surface area contributed by atoms with Crippen molar-refractivity contribution in [3.05, 3.63) is 23.8 Å². The Morgan fingerprint density at radius 3 is 2.72 bits per heavy atom. The van der Waals surface area contributed by atoms with E-state index in [4.69, 9.17) is 21.3 Å². The first-order valence-electron chi connectivity index (χ1n) is 5.14. The van der Waals surface area contributed by atoms with E-state index < -0.39 is 17.9 Å². The fraction of sp³-hybridized carbons (Fsp3) is 0.273. The summed E-state index contributed by atoms with van der Waals surface area (Å²) in [5, 5.41) is 11.5. The Balaban J connectivity index is 2.75. The number of carbonyl (C=O) groups excluding carboxylic acids is 2. The SMILES string of the molecule is COc1cc(N)ccc1C(=O)NCC(O)C(N)=O. The first-order chi connectivity index (χ1) is 8.45. The van der Waals surface area contributed by atoms with Gasteiger partial charge in [0, 0.05) is 11.8 Å². The number of rotatable bonds is 5. The molecule has 0 spiro atoms. The number of anilines is 1. The second-order valence-electron chi connectivity index (χ2n) is 3.59. The normalized spacial score (nSPS) is 11.7. The van der Waals surface area contributed by atoms with Crippen molar-refractivity contribution in [1.82, 2.24) is 5.32 Å². The molecule has 0 fully saturated rings. The highest BCUT2D eigenvalue weighted by Gasteiger charge is 2.16. The van der Waals surface area contributed by atoms with Gasteiger partial charge in [0.2, 0.25) is 5.91 Å². The number of primary amides is 1. The lowest BCUT2D eigenvalue weighted by Gasteiger charge is -2.11. The minimum atomic E-state index is -1.42. The molecular formula is C11H15N3O4. The minimum absolute atomic E-state index is 0.253. The van der Waals surface area contributed by atoms with Gasteiger partial charge in [-0.2, -0.15) is 0 Å². The topological polar surface area (TPSA) is 128 Å². The van der Waals surface area contributed by atoms with E-state index in [1.807, 2.05) is 0 Å². The van der Waals surface area contributed by atoms with Crippen LogP contribution in [0.25, 0.3) is 0 Å².